The molecule has 1 aliphatic rings. The average Bonchev–Trinajstić information content (AvgIpc) is 2.37. The molecular weight excluding hydrogens is 250 g/mol. The molecule has 96 valence electrons. The Hall–Kier alpha value is -1.49. The van der Waals surface area contributed by atoms with E-state index in [0.717, 1.165) is 17.7 Å². The second-order valence-electron chi connectivity index (χ2n) is 4.27. The number of amides is 1. The molecule has 1 aromatic rings. The highest BCUT2D eigenvalue weighted by molar-refractivity contribution is 8.00. The summed E-state index contributed by atoms with van der Waals surface area (Å²) in [7, 11) is 0. The fourth-order valence-electron chi connectivity index (χ4n) is 1.96. The predicted molar refractivity (Wildman–Crippen MR) is 70.6 cm³/mol. The number of aliphatic carboxylic acids is 1. The quantitative estimate of drug-likeness (QED) is 0.871. The number of rotatable bonds is 3. The minimum Gasteiger partial charge on any atom is -0.480 e. The Morgan fingerprint density at radius 1 is 1.44 bits per heavy atom. The molecule has 2 rings (SSSR count). The van der Waals surface area contributed by atoms with Crippen molar-refractivity contribution in [3.8, 4) is 0 Å². The summed E-state index contributed by atoms with van der Waals surface area (Å²) >= 11 is 1.56. The standard InChI is InChI=1S/C13H15NO3S/c1-8(13(16)17)14-12(15)11-10-5-3-2-4-9(10)6-7-18-11/h2-5,8,11H,6-7H2,1H3,(H,14,15)(H,16,17)/t8-,11?/m1/s1. The van der Waals surface area contributed by atoms with E-state index < -0.39 is 12.0 Å². The summed E-state index contributed by atoms with van der Waals surface area (Å²) < 4.78 is 0. The monoisotopic (exact) mass is 265 g/mol. The van der Waals surface area contributed by atoms with Crippen molar-refractivity contribution in [3.05, 3.63) is 35.4 Å². The molecule has 0 bridgehead atoms. The Morgan fingerprint density at radius 3 is 2.89 bits per heavy atom. The molecule has 0 radical (unpaired) electrons. The van der Waals surface area contributed by atoms with E-state index >= 15 is 0 Å². The van der Waals surface area contributed by atoms with Gasteiger partial charge >= 0.3 is 5.97 Å². The zero-order valence-electron chi connectivity index (χ0n) is 10.1. The van der Waals surface area contributed by atoms with Crippen LogP contribution < -0.4 is 5.32 Å². The number of benzene rings is 1. The van der Waals surface area contributed by atoms with Gasteiger partial charge < -0.3 is 10.4 Å². The molecule has 0 saturated heterocycles. The normalized spacial score (nSPS) is 19.7. The van der Waals surface area contributed by atoms with Crippen LogP contribution in [0.3, 0.4) is 0 Å². The predicted octanol–water partition coefficient (Wildman–Crippen LogP) is 1.61. The van der Waals surface area contributed by atoms with Crippen LogP contribution in [-0.2, 0) is 16.0 Å². The van der Waals surface area contributed by atoms with E-state index in [1.807, 2.05) is 24.3 Å². The number of hydrogen-bond acceptors (Lipinski definition) is 3. The lowest BCUT2D eigenvalue weighted by atomic mass is 10.0. The number of carbonyl (C=O) groups is 2. The number of nitrogens with one attached hydrogen (secondary N) is 1. The maximum atomic E-state index is 12.1. The van der Waals surface area contributed by atoms with Gasteiger partial charge in [0.25, 0.3) is 0 Å². The van der Waals surface area contributed by atoms with Crippen LogP contribution in [0.25, 0.3) is 0 Å². The largest absolute Gasteiger partial charge is 0.480 e. The van der Waals surface area contributed by atoms with Gasteiger partial charge in [-0.3, -0.25) is 9.59 Å². The van der Waals surface area contributed by atoms with Gasteiger partial charge in [0.1, 0.15) is 11.3 Å². The molecule has 18 heavy (non-hydrogen) atoms. The first-order chi connectivity index (χ1) is 8.59. The van der Waals surface area contributed by atoms with Crippen LogP contribution >= 0.6 is 11.8 Å². The SMILES string of the molecule is C[C@@H](NC(=O)C1SCCc2ccccc21)C(=O)O. The number of fused-ring (bicyclic) bond motifs is 1. The van der Waals surface area contributed by atoms with Crippen LogP contribution in [0.2, 0.25) is 0 Å². The number of thioether (sulfide) groups is 1. The average molecular weight is 265 g/mol. The van der Waals surface area contributed by atoms with Crippen LogP contribution in [0.1, 0.15) is 23.3 Å². The molecule has 1 unspecified atom stereocenters. The minimum absolute atomic E-state index is 0.220. The van der Waals surface area contributed by atoms with E-state index in [4.69, 9.17) is 5.11 Å². The lowest BCUT2D eigenvalue weighted by Crippen LogP contribution is -2.41. The Bertz CT molecular complexity index is 475. The first-order valence-electron chi connectivity index (χ1n) is 5.82. The van der Waals surface area contributed by atoms with E-state index in [1.165, 1.54) is 12.5 Å². The summed E-state index contributed by atoms with van der Waals surface area (Å²) in [5.74, 6) is -0.351. The molecule has 0 aromatic heterocycles. The number of carboxylic acid groups (broad SMARTS) is 1. The summed E-state index contributed by atoms with van der Waals surface area (Å²) in [5, 5.41) is 11.0. The smallest absolute Gasteiger partial charge is 0.325 e. The number of carbonyl (C=O) groups excluding carboxylic acids is 1. The van der Waals surface area contributed by atoms with Gasteiger partial charge in [-0.25, -0.2) is 0 Å². The maximum Gasteiger partial charge on any atom is 0.325 e. The zero-order valence-corrected chi connectivity index (χ0v) is 10.9. The van der Waals surface area contributed by atoms with E-state index in [9.17, 15) is 9.59 Å². The van der Waals surface area contributed by atoms with Crippen molar-refractivity contribution in [2.45, 2.75) is 24.6 Å². The zero-order chi connectivity index (χ0) is 13.1. The van der Waals surface area contributed by atoms with E-state index in [0.29, 0.717) is 0 Å². The van der Waals surface area contributed by atoms with Gasteiger partial charge in [0.2, 0.25) is 5.91 Å². The second kappa shape index (κ2) is 5.44. The number of hydrogen-bond donors (Lipinski definition) is 2. The third kappa shape index (κ3) is 2.67. The third-order valence-corrected chi connectivity index (χ3v) is 4.20. The topological polar surface area (TPSA) is 66.4 Å². The summed E-state index contributed by atoms with van der Waals surface area (Å²) in [6, 6.07) is 6.98. The highest BCUT2D eigenvalue weighted by atomic mass is 32.2. The van der Waals surface area contributed by atoms with Crippen molar-refractivity contribution >= 4 is 23.6 Å². The van der Waals surface area contributed by atoms with Gasteiger partial charge in [0.15, 0.2) is 0 Å². The summed E-state index contributed by atoms with van der Waals surface area (Å²) in [4.78, 5) is 22.8. The van der Waals surface area contributed by atoms with Gasteiger partial charge in [-0.15, -0.1) is 11.8 Å². The lowest BCUT2D eigenvalue weighted by molar-refractivity contribution is -0.141. The van der Waals surface area contributed by atoms with E-state index in [2.05, 4.69) is 5.32 Å². The molecule has 0 aliphatic carbocycles. The van der Waals surface area contributed by atoms with Crippen LogP contribution in [0.5, 0.6) is 0 Å². The molecule has 0 fully saturated rings. The van der Waals surface area contributed by atoms with Crippen LogP contribution in [0.4, 0.5) is 0 Å². The van der Waals surface area contributed by atoms with Crippen LogP contribution in [-0.4, -0.2) is 28.8 Å². The van der Waals surface area contributed by atoms with Gasteiger partial charge in [-0.1, -0.05) is 24.3 Å². The first kappa shape index (κ1) is 13.0. The molecule has 1 aromatic carbocycles. The van der Waals surface area contributed by atoms with Crippen molar-refractivity contribution in [3.63, 3.8) is 0 Å². The Labute approximate surface area is 110 Å². The molecule has 1 amide bonds. The van der Waals surface area contributed by atoms with Gasteiger partial charge in [-0.2, -0.15) is 0 Å². The van der Waals surface area contributed by atoms with Crippen molar-refractivity contribution < 1.29 is 14.7 Å². The number of aryl methyl sites for hydroxylation is 1. The van der Waals surface area contributed by atoms with Gasteiger partial charge in [-0.05, 0) is 30.2 Å². The molecule has 2 N–H and O–H groups in total. The molecule has 2 atom stereocenters. The Morgan fingerprint density at radius 2 is 2.17 bits per heavy atom. The van der Waals surface area contributed by atoms with Crippen molar-refractivity contribution in [2.75, 3.05) is 5.75 Å². The van der Waals surface area contributed by atoms with Crippen LogP contribution in [0.15, 0.2) is 24.3 Å². The second-order valence-corrected chi connectivity index (χ2v) is 5.48. The number of carboxylic acids is 1. The van der Waals surface area contributed by atoms with E-state index in [1.54, 1.807) is 11.8 Å². The Kier molecular flexibility index (Phi) is 3.91. The van der Waals surface area contributed by atoms with Crippen molar-refractivity contribution in [1.29, 1.82) is 0 Å². The molecule has 0 spiro atoms. The lowest BCUT2D eigenvalue weighted by Gasteiger charge is -2.25. The molecule has 0 saturated carbocycles. The minimum atomic E-state index is -1.02. The molecule has 4 nitrogen and oxygen atoms in total. The molecular formula is C13H15NO3S. The fraction of sp³-hybridized carbons (Fsp3) is 0.385. The molecule has 1 heterocycles. The third-order valence-electron chi connectivity index (χ3n) is 2.96. The van der Waals surface area contributed by atoms with Crippen LogP contribution in [0, 0.1) is 0 Å². The van der Waals surface area contributed by atoms with Gasteiger partial charge in [0, 0.05) is 0 Å². The van der Waals surface area contributed by atoms with Crippen molar-refractivity contribution in [2.24, 2.45) is 0 Å². The summed E-state index contributed by atoms with van der Waals surface area (Å²) in [6.07, 6.45) is 0.957. The highest BCUT2D eigenvalue weighted by Crippen LogP contribution is 2.36. The van der Waals surface area contributed by atoms with E-state index in [-0.39, 0.29) is 11.2 Å². The Balaban J connectivity index is 2.15. The maximum absolute atomic E-state index is 12.1. The summed E-state index contributed by atoms with van der Waals surface area (Å²) in [5.41, 5.74) is 2.18. The highest BCUT2D eigenvalue weighted by Gasteiger charge is 2.28. The molecule has 5 heteroatoms. The summed E-state index contributed by atoms with van der Waals surface area (Å²) in [6.45, 7) is 1.47. The van der Waals surface area contributed by atoms with Crippen molar-refractivity contribution in [1.82, 2.24) is 5.32 Å². The van der Waals surface area contributed by atoms with Gasteiger partial charge in [0.05, 0.1) is 0 Å². The molecule has 1 aliphatic heterocycles. The fourth-order valence-corrected chi connectivity index (χ4v) is 3.16. The first-order valence-corrected chi connectivity index (χ1v) is 6.87.